The van der Waals surface area contributed by atoms with Crippen molar-refractivity contribution in [3.05, 3.63) is 70.6 Å². The minimum absolute atomic E-state index is 0.0421. The van der Waals surface area contributed by atoms with Crippen LogP contribution in [0.3, 0.4) is 0 Å². The number of hydrogen-bond acceptors (Lipinski definition) is 3. The van der Waals surface area contributed by atoms with Crippen molar-refractivity contribution in [3.63, 3.8) is 0 Å². The number of aromatic amines is 1. The van der Waals surface area contributed by atoms with Crippen molar-refractivity contribution in [2.45, 2.75) is 57.8 Å². The number of fused-ring (bicyclic) bond motifs is 1. The molecule has 1 saturated heterocycles. The molecule has 1 aliphatic carbocycles. The average Bonchev–Trinajstić information content (AvgIpc) is 3.06. The topological polar surface area (TPSA) is 61.9 Å². The molecule has 0 bridgehead atoms. The molecule has 5 rings (SSSR count). The van der Waals surface area contributed by atoms with Crippen molar-refractivity contribution in [2.75, 3.05) is 13.1 Å². The molecule has 1 amide bonds. The molecule has 2 aliphatic rings. The number of likely N-dealkylation sites (tertiary alicyclic amines) is 1. The predicted molar refractivity (Wildman–Crippen MR) is 122 cm³/mol. The van der Waals surface area contributed by atoms with Crippen molar-refractivity contribution in [1.82, 2.24) is 20.1 Å². The van der Waals surface area contributed by atoms with Crippen LogP contribution in [0.5, 0.6) is 0 Å². The first-order valence-electron chi connectivity index (χ1n) is 11.7. The van der Waals surface area contributed by atoms with Crippen LogP contribution in [0.1, 0.15) is 71.2 Å². The Kier molecular flexibility index (Phi) is 5.77. The van der Waals surface area contributed by atoms with Crippen molar-refractivity contribution >= 4 is 5.91 Å². The highest BCUT2D eigenvalue weighted by atomic mass is 19.1. The summed E-state index contributed by atoms with van der Waals surface area (Å²) in [6.07, 6.45) is 7.35. The van der Waals surface area contributed by atoms with E-state index in [0.29, 0.717) is 12.2 Å². The van der Waals surface area contributed by atoms with E-state index in [0.717, 1.165) is 78.8 Å². The zero-order valence-corrected chi connectivity index (χ0v) is 18.5. The van der Waals surface area contributed by atoms with Crippen LogP contribution in [-0.4, -0.2) is 39.1 Å². The fourth-order valence-corrected chi connectivity index (χ4v) is 5.10. The third kappa shape index (κ3) is 4.18. The van der Waals surface area contributed by atoms with Crippen molar-refractivity contribution in [1.29, 1.82) is 0 Å². The number of pyridine rings is 1. The first-order chi connectivity index (χ1) is 15.6. The van der Waals surface area contributed by atoms with Crippen LogP contribution >= 0.6 is 0 Å². The standard InChI is InChI=1S/C26H29FN4O/c1-17-14-20(18-9-11-21(27)12-10-18)15-24(28-17)19-6-5-13-31(16-19)26(32)25-22-7-3-2-4-8-23(22)29-30-25/h9-12,14-15,19H,2-8,13,16H2,1H3,(H,29,30)/t19-/m0/s1. The van der Waals surface area contributed by atoms with Gasteiger partial charge in [0, 0.05) is 41.7 Å². The molecule has 0 spiro atoms. The Morgan fingerprint density at radius 3 is 2.72 bits per heavy atom. The summed E-state index contributed by atoms with van der Waals surface area (Å²) < 4.78 is 13.4. The molecule has 3 aromatic rings. The molecule has 32 heavy (non-hydrogen) atoms. The second-order valence-electron chi connectivity index (χ2n) is 9.11. The lowest BCUT2D eigenvalue weighted by Crippen LogP contribution is -2.40. The lowest BCUT2D eigenvalue weighted by molar-refractivity contribution is 0.0698. The molecule has 3 heterocycles. The van der Waals surface area contributed by atoms with E-state index in [-0.39, 0.29) is 17.6 Å². The normalized spacial score (nSPS) is 18.8. The second kappa shape index (κ2) is 8.85. The first kappa shape index (κ1) is 20.9. The number of benzene rings is 1. The number of H-pyrrole nitrogens is 1. The molecule has 1 fully saturated rings. The largest absolute Gasteiger partial charge is 0.337 e. The van der Waals surface area contributed by atoms with Crippen molar-refractivity contribution < 1.29 is 9.18 Å². The van der Waals surface area contributed by atoms with Gasteiger partial charge in [-0.2, -0.15) is 5.10 Å². The summed E-state index contributed by atoms with van der Waals surface area (Å²) in [5, 5.41) is 7.55. The predicted octanol–water partition coefficient (Wildman–Crippen LogP) is 5.21. The van der Waals surface area contributed by atoms with Gasteiger partial charge in [0.15, 0.2) is 5.69 Å². The highest BCUT2D eigenvalue weighted by molar-refractivity contribution is 5.94. The Balaban J connectivity index is 1.38. The van der Waals surface area contributed by atoms with Crippen LogP contribution in [0.25, 0.3) is 11.1 Å². The fraction of sp³-hybridized carbons (Fsp3) is 0.423. The number of carbonyl (C=O) groups is 1. The second-order valence-corrected chi connectivity index (χ2v) is 9.11. The molecule has 1 N–H and O–H groups in total. The first-order valence-corrected chi connectivity index (χ1v) is 11.7. The number of aromatic nitrogens is 3. The Bertz CT molecular complexity index is 1120. The molecule has 0 unspecified atom stereocenters. The molecule has 2 aromatic heterocycles. The van der Waals surface area contributed by atoms with Crippen LogP contribution in [0.4, 0.5) is 4.39 Å². The maximum atomic E-state index is 13.4. The van der Waals surface area contributed by atoms with Gasteiger partial charge >= 0.3 is 0 Å². The molecule has 0 saturated carbocycles. The number of carbonyl (C=O) groups excluding carboxylic acids is 1. The number of piperidine rings is 1. The quantitative estimate of drug-likeness (QED) is 0.578. The van der Waals surface area contributed by atoms with Crippen LogP contribution in [0.15, 0.2) is 36.4 Å². The van der Waals surface area contributed by atoms with Crippen LogP contribution in [0, 0.1) is 12.7 Å². The Labute approximate surface area is 188 Å². The van der Waals surface area contributed by atoms with Gasteiger partial charge < -0.3 is 4.90 Å². The number of rotatable bonds is 3. The Morgan fingerprint density at radius 2 is 1.88 bits per heavy atom. The molecular formula is C26H29FN4O. The third-order valence-corrected chi connectivity index (χ3v) is 6.79. The van der Waals surface area contributed by atoms with E-state index in [1.54, 1.807) is 12.1 Å². The number of nitrogens with one attached hydrogen (secondary N) is 1. The summed E-state index contributed by atoms with van der Waals surface area (Å²) in [6, 6.07) is 10.7. The van der Waals surface area contributed by atoms with Crippen molar-refractivity contribution in [2.24, 2.45) is 0 Å². The summed E-state index contributed by atoms with van der Waals surface area (Å²) in [4.78, 5) is 20.2. The smallest absolute Gasteiger partial charge is 0.274 e. The number of aryl methyl sites for hydroxylation is 2. The number of halogens is 1. The minimum Gasteiger partial charge on any atom is -0.337 e. The summed E-state index contributed by atoms with van der Waals surface area (Å²) in [5.74, 6) is -0.0118. The van der Waals surface area contributed by atoms with Gasteiger partial charge in [-0.05, 0) is 80.8 Å². The van der Waals surface area contributed by atoms with E-state index < -0.39 is 0 Å². The molecule has 166 valence electrons. The SMILES string of the molecule is Cc1cc(-c2ccc(F)cc2)cc([C@H]2CCCN(C(=O)c3n[nH]c4c3CCCCC4)C2)n1. The molecule has 1 aromatic carbocycles. The van der Waals surface area contributed by atoms with Gasteiger partial charge in [0.25, 0.3) is 5.91 Å². The van der Waals surface area contributed by atoms with Gasteiger partial charge in [0.2, 0.25) is 0 Å². The van der Waals surface area contributed by atoms with Crippen LogP contribution < -0.4 is 0 Å². The minimum atomic E-state index is -0.238. The molecule has 1 atom stereocenters. The van der Waals surface area contributed by atoms with Gasteiger partial charge in [0.1, 0.15) is 5.82 Å². The lowest BCUT2D eigenvalue weighted by atomic mass is 9.92. The zero-order valence-electron chi connectivity index (χ0n) is 18.5. The zero-order chi connectivity index (χ0) is 22.1. The average molecular weight is 433 g/mol. The van der Waals surface area contributed by atoms with Crippen LogP contribution in [-0.2, 0) is 12.8 Å². The van der Waals surface area contributed by atoms with Gasteiger partial charge in [-0.15, -0.1) is 0 Å². The van der Waals surface area contributed by atoms with E-state index in [1.807, 2.05) is 17.9 Å². The lowest BCUT2D eigenvalue weighted by Gasteiger charge is -2.32. The molecule has 0 radical (unpaired) electrons. The molecule has 5 nitrogen and oxygen atoms in total. The maximum Gasteiger partial charge on any atom is 0.274 e. The maximum absolute atomic E-state index is 13.4. The van der Waals surface area contributed by atoms with Gasteiger partial charge in [0.05, 0.1) is 0 Å². The monoisotopic (exact) mass is 432 g/mol. The van der Waals surface area contributed by atoms with Gasteiger partial charge in [-0.25, -0.2) is 4.39 Å². The van der Waals surface area contributed by atoms with E-state index in [2.05, 4.69) is 16.3 Å². The van der Waals surface area contributed by atoms with E-state index >= 15 is 0 Å². The summed E-state index contributed by atoms with van der Waals surface area (Å²) in [5.41, 5.74) is 6.83. The van der Waals surface area contributed by atoms with Gasteiger partial charge in [-0.1, -0.05) is 18.6 Å². The van der Waals surface area contributed by atoms with Crippen molar-refractivity contribution in [3.8, 4) is 11.1 Å². The van der Waals surface area contributed by atoms with E-state index in [1.165, 1.54) is 18.6 Å². The molecule has 1 aliphatic heterocycles. The highest BCUT2D eigenvalue weighted by Crippen LogP contribution is 2.31. The number of amides is 1. The van der Waals surface area contributed by atoms with E-state index in [9.17, 15) is 9.18 Å². The third-order valence-electron chi connectivity index (χ3n) is 6.79. The fourth-order valence-electron chi connectivity index (χ4n) is 5.10. The highest BCUT2D eigenvalue weighted by Gasteiger charge is 2.30. The van der Waals surface area contributed by atoms with Gasteiger partial charge in [-0.3, -0.25) is 14.9 Å². The Hall–Kier alpha value is -3.02. The number of hydrogen-bond donors (Lipinski definition) is 1. The van der Waals surface area contributed by atoms with E-state index in [4.69, 9.17) is 4.98 Å². The summed E-state index contributed by atoms with van der Waals surface area (Å²) in [6.45, 7) is 3.40. The molecule has 6 heteroatoms. The van der Waals surface area contributed by atoms with Crippen LogP contribution in [0.2, 0.25) is 0 Å². The molecular weight excluding hydrogens is 403 g/mol. The summed E-state index contributed by atoms with van der Waals surface area (Å²) >= 11 is 0. The Morgan fingerprint density at radius 1 is 1.06 bits per heavy atom. The number of nitrogens with zero attached hydrogens (tertiary/aromatic N) is 3. The summed E-state index contributed by atoms with van der Waals surface area (Å²) in [7, 11) is 0.